The molecule has 1 unspecified atom stereocenters. The minimum absolute atomic E-state index is 0.274. The molecule has 0 aliphatic carbocycles. The number of amides is 2. The standard InChI is InChI=1S/C22H28FN5O3/c1-4-31-21(29)20-14(2)24-22(30)25-19(20)13-28(3)11-5-6-17-12-18(27-26-17)15-7-9-16(23)10-8-15/h7-10,12,14H,4-6,11,13H2,1-3H3,(H,26,27)(H2,24,25,30). The van der Waals surface area contributed by atoms with Gasteiger partial charge in [-0.15, -0.1) is 0 Å². The summed E-state index contributed by atoms with van der Waals surface area (Å²) in [4.78, 5) is 26.2. The molecule has 166 valence electrons. The lowest BCUT2D eigenvalue weighted by Gasteiger charge is -2.29. The molecule has 0 radical (unpaired) electrons. The van der Waals surface area contributed by atoms with Gasteiger partial charge in [0.1, 0.15) is 5.82 Å². The van der Waals surface area contributed by atoms with Crippen LogP contribution in [0.5, 0.6) is 0 Å². The molecule has 1 aromatic heterocycles. The Morgan fingerprint density at radius 2 is 2.03 bits per heavy atom. The number of aryl methyl sites for hydroxylation is 1. The van der Waals surface area contributed by atoms with Crippen molar-refractivity contribution in [1.29, 1.82) is 0 Å². The second kappa shape index (κ2) is 10.2. The molecule has 2 amide bonds. The molecule has 0 fully saturated rings. The van der Waals surface area contributed by atoms with E-state index >= 15 is 0 Å². The van der Waals surface area contributed by atoms with Gasteiger partial charge in [-0.2, -0.15) is 5.10 Å². The third-order valence-corrected chi connectivity index (χ3v) is 5.05. The Kier molecular flexibility index (Phi) is 7.41. The predicted molar refractivity (Wildman–Crippen MR) is 115 cm³/mol. The zero-order valence-electron chi connectivity index (χ0n) is 18.0. The van der Waals surface area contributed by atoms with Crippen LogP contribution in [0, 0.1) is 5.82 Å². The van der Waals surface area contributed by atoms with E-state index in [9.17, 15) is 14.0 Å². The number of aromatic nitrogens is 2. The van der Waals surface area contributed by atoms with Crippen molar-refractivity contribution in [3.63, 3.8) is 0 Å². The Bertz CT molecular complexity index is 954. The highest BCUT2D eigenvalue weighted by atomic mass is 19.1. The van der Waals surface area contributed by atoms with Crippen LogP contribution in [0.1, 0.15) is 26.0 Å². The predicted octanol–water partition coefficient (Wildman–Crippen LogP) is 2.60. The number of aromatic amines is 1. The van der Waals surface area contributed by atoms with E-state index in [1.165, 1.54) is 12.1 Å². The molecular weight excluding hydrogens is 401 g/mol. The molecule has 2 heterocycles. The molecule has 1 atom stereocenters. The summed E-state index contributed by atoms with van der Waals surface area (Å²) in [5.41, 5.74) is 3.64. The lowest BCUT2D eigenvalue weighted by atomic mass is 10.0. The number of carbonyl (C=O) groups excluding carboxylic acids is 2. The van der Waals surface area contributed by atoms with Crippen LogP contribution in [0.25, 0.3) is 11.3 Å². The van der Waals surface area contributed by atoms with Crippen molar-refractivity contribution in [3.05, 3.63) is 53.1 Å². The van der Waals surface area contributed by atoms with Gasteiger partial charge < -0.3 is 20.3 Å². The van der Waals surface area contributed by atoms with Crippen molar-refractivity contribution in [2.45, 2.75) is 32.7 Å². The van der Waals surface area contributed by atoms with Crippen LogP contribution in [-0.4, -0.2) is 59.9 Å². The van der Waals surface area contributed by atoms with Gasteiger partial charge in [-0.05, 0) is 70.6 Å². The topological polar surface area (TPSA) is 99.3 Å². The van der Waals surface area contributed by atoms with Gasteiger partial charge in [0.15, 0.2) is 0 Å². The number of nitrogens with one attached hydrogen (secondary N) is 3. The number of hydrogen-bond donors (Lipinski definition) is 3. The normalized spacial score (nSPS) is 16.3. The quantitative estimate of drug-likeness (QED) is 0.532. The van der Waals surface area contributed by atoms with Gasteiger partial charge >= 0.3 is 12.0 Å². The molecule has 0 bridgehead atoms. The molecule has 1 aliphatic heterocycles. The summed E-state index contributed by atoms with van der Waals surface area (Å²) >= 11 is 0. The Hall–Kier alpha value is -3.20. The molecule has 9 heteroatoms. The third-order valence-electron chi connectivity index (χ3n) is 5.05. The van der Waals surface area contributed by atoms with Crippen LogP contribution >= 0.6 is 0 Å². The van der Waals surface area contributed by atoms with Crippen molar-refractivity contribution in [3.8, 4) is 11.3 Å². The molecule has 3 rings (SSSR count). The summed E-state index contributed by atoms with van der Waals surface area (Å²) in [6, 6.07) is 7.46. The second-order valence-electron chi connectivity index (χ2n) is 7.56. The Labute approximate surface area is 180 Å². The van der Waals surface area contributed by atoms with E-state index in [0.29, 0.717) is 17.8 Å². The van der Waals surface area contributed by atoms with Gasteiger partial charge in [-0.3, -0.25) is 5.10 Å². The highest BCUT2D eigenvalue weighted by Crippen LogP contribution is 2.19. The van der Waals surface area contributed by atoms with E-state index in [2.05, 4.69) is 20.8 Å². The maximum atomic E-state index is 13.1. The fourth-order valence-corrected chi connectivity index (χ4v) is 3.55. The van der Waals surface area contributed by atoms with Crippen molar-refractivity contribution < 1.29 is 18.7 Å². The zero-order valence-corrected chi connectivity index (χ0v) is 18.0. The van der Waals surface area contributed by atoms with Gasteiger partial charge in [0.05, 0.1) is 23.9 Å². The first-order chi connectivity index (χ1) is 14.9. The van der Waals surface area contributed by atoms with Gasteiger partial charge in [0.2, 0.25) is 0 Å². The van der Waals surface area contributed by atoms with E-state index in [0.717, 1.165) is 36.3 Å². The average Bonchev–Trinajstić information content (AvgIpc) is 3.17. The van der Waals surface area contributed by atoms with E-state index in [4.69, 9.17) is 4.74 Å². The SMILES string of the molecule is CCOC(=O)C1=C(CN(C)CCCc2cc(-c3ccc(F)cc3)n[nH]2)NC(=O)NC1C. The maximum absolute atomic E-state index is 13.1. The number of nitrogens with zero attached hydrogens (tertiary/aromatic N) is 2. The van der Waals surface area contributed by atoms with E-state index in [1.54, 1.807) is 26.0 Å². The number of H-pyrrole nitrogens is 1. The van der Waals surface area contributed by atoms with Crippen LogP contribution in [-0.2, 0) is 16.0 Å². The van der Waals surface area contributed by atoms with Gasteiger partial charge in [-0.25, -0.2) is 14.0 Å². The minimum atomic E-state index is -0.420. The summed E-state index contributed by atoms with van der Waals surface area (Å²) in [5, 5.41) is 12.8. The number of benzene rings is 1. The van der Waals surface area contributed by atoms with Gasteiger partial charge in [0, 0.05) is 23.5 Å². The van der Waals surface area contributed by atoms with Gasteiger partial charge in [0.25, 0.3) is 0 Å². The number of halogens is 1. The van der Waals surface area contributed by atoms with Crippen molar-refractivity contribution in [2.75, 3.05) is 26.7 Å². The van der Waals surface area contributed by atoms with E-state index < -0.39 is 12.0 Å². The van der Waals surface area contributed by atoms with Gasteiger partial charge in [-0.1, -0.05) is 0 Å². The number of ether oxygens (including phenoxy) is 1. The summed E-state index contributed by atoms with van der Waals surface area (Å²) in [7, 11) is 1.94. The monoisotopic (exact) mass is 429 g/mol. The summed E-state index contributed by atoms with van der Waals surface area (Å²) in [6.07, 6.45) is 1.64. The molecule has 2 aromatic rings. The van der Waals surface area contributed by atoms with Crippen molar-refractivity contribution in [2.24, 2.45) is 0 Å². The Morgan fingerprint density at radius 3 is 2.74 bits per heavy atom. The van der Waals surface area contributed by atoms with Crippen LogP contribution in [0.4, 0.5) is 9.18 Å². The summed E-state index contributed by atoms with van der Waals surface area (Å²) in [5.74, 6) is -0.695. The van der Waals surface area contributed by atoms with Crippen molar-refractivity contribution >= 4 is 12.0 Å². The molecule has 1 aliphatic rings. The van der Waals surface area contributed by atoms with Crippen LogP contribution in [0.2, 0.25) is 0 Å². The first-order valence-corrected chi connectivity index (χ1v) is 10.3. The fourth-order valence-electron chi connectivity index (χ4n) is 3.55. The molecular formula is C22H28FN5O3. The molecule has 0 saturated carbocycles. The van der Waals surface area contributed by atoms with Crippen molar-refractivity contribution in [1.82, 2.24) is 25.7 Å². The number of esters is 1. The first-order valence-electron chi connectivity index (χ1n) is 10.3. The molecule has 0 saturated heterocycles. The lowest BCUT2D eigenvalue weighted by molar-refractivity contribution is -0.139. The molecule has 1 aromatic carbocycles. The number of likely N-dealkylation sites (N-methyl/N-ethyl adjacent to an activating group) is 1. The van der Waals surface area contributed by atoms with Crippen LogP contribution < -0.4 is 10.6 Å². The lowest BCUT2D eigenvalue weighted by Crippen LogP contribution is -2.51. The number of hydrogen-bond acceptors (Lipinski definition) is 5. The summed E-state index contributed by atoms with van der Waals surface area (Å²) < 4.78 is 18.2. The second-order valence-corrected chi connectivity index (χ2v) is 7.56. The number of urea groups is 1. The molecule has 8 nitrogen and oxygen atoms in total. The average molecular weight is 429 g/mol. The zero-order chi connectivity index (χ0) is 22.4. The number of carbonyl (C=O) groups is 2. The fraction of sp³-hybridized carbons (Fsp3) is 0.409. The Balaban J connectivity index is 1.56. The Morgan fingerprint density at radius 1 is 1.29 bits per heavy atom. The number of rotatable bonds is 9. The highest BCUT2D eigenvalue weighted by molar-refractivity contribution is 5.94. The minimum Gasteiger partial charge on any atom is -0.463 e. The maximum Gasteiger partial charge on any atom is 0.337 e. The summed E-state index contributed by atoms with van der Waals surface area (Å²) in [6.45, 7) is 4.97. The largest absolute Gasteiger partial charge is 0.463 e. The molecule has 31 heavy (non-hydrogen) atoms. The van der Waals surface area contributed by atoms with Crippen LogP contribution in [0.15, 0.2) is 41.6 Å². The van der Waals surface area contributed by atoms with Crippen LogP contribution in [0.3, 0.4) is 0 Å². The molecule has 0 spiro atoms. The van der Waals surface area contributed by atoms with E-state index in [1.807, 2.05) is 18.0 Å². The first kappa shape index (κ1) is 22.5. The third kappa shape index (κ3) is 5.91. The highest BCUT2D eigenvalue weighted by Gasteiger charge is 2.29. The smallest absolute Gasteiger partial charge is 0.337 e. The van der Waals surface area contributed by atoms with E-state index in [-0.39, 0.29) is 18.5 Å². The molecule has 3 N–H and O–H groups in total.